The predicted octanol–water partition coefficient (Wildman–Crippen LogP) is 1.92. The SMILES string of the molecule is C=Cc1cccc([Se](C#N)c2ccc(OC)cc2)c1[N+](=O)[O-]. The number of benzene rings is 2. The zero-order valence-electron chi connectivity index (χ0n) is 11.9. The van der Waals surface area contributed by atoms with Crippen LogP contribution in [0.5, 0.6) is 5.75 Å². The molecule has 111 valence electrons. The van der Waals surface area contributed by atoms with Gasteiger partial charge in [-0.2, -0.15) is 0 Å². The quantitative estimate of drug-likeness (QED) is 0.464. The first kappa shape index (κ1) is 15.8. The summed E-state index contributed by atoms with van der Waals surface area (Å²) in [5.74, 6) is 0.682. The number of hydrogen-bond acceptors (Lipinski definition) is 4. The van der Waals surface area contributed by atoms with Gasteiger partial charge in [0.1, 0.15) is 0 Å². The summed E-state index contributed by atoms with van der Waals surface area (Å²) in [5, 5.41) is 21.0. The maximum atomic E-state index is 11.4. The van der Waals surface area contributed by atoms with Gasteiger partial charge in [0.25, 0.3) is 0 Å². The van der Waals surface area contributed by atoms with Crippen LogP contribution in [0.4, 0.5) is 5.69 Å². The Bertz CT molecular complexity index is 751. The van der Waals surface area contributed by atoms with E-state index >= 15 is 0 Å². The van der Waals surface area contributed by atoms with E-state index in [4.69, 9.17) is 4.74 Å². The van der Waals surface area contributed by atoms with Gasteiger partial charge in [-0.3, -0.25) is 0 Å². The molecule has 0 saturated carbocycles. The molecule has 0 spiro atoms. The van der Waals surface area contributed by atoms with Crippen LogP contribution in [0, 0.1) is 20.3 Å². The van der Waals surface area contributed by atoms with Crippen LogP contribution in [-0.2, 0) is 0 Å². The fraction of sp³-hybridized carbons (Fsp3) is 0.0625. The molecule has 0 fully saturated rings. The minimum absolute atomic E-state index is 0.0279. The number of para-hydroxylation sites is 1. The van der Waals surface area contributed by atoms with Gasteiger partial charge in [-0.1, -0.05) is 0 Å². The number of rotatable bonds is 5. The van der Waals surface area contributed by atoms with Crippen molar-refractivity contribution in [1.29, 1.82) is 5.26 Å². The summed E-state index contributed by atoms with van der Waals surface area (Å²) in [6.07, 6.45) is 1.44. The average molecular weight is 360 g/mol. The average Bonchev–Trinajstić information content (AvgIpc) is 2.55. The molecular formula is C16H13N2O3Se. The van der Waals surface area contributed by atoms with E-state index in [1.807, 2.05) is 0 Å². The number of nitro groups is 1. The molecule has 0 aliphatic heterocycles. The Morgan fingerprint density at radius 2 is 2.00 bits per heavy atom. The number of nitrogens with zero attached hydrogens (tertiary/aromatic N) is 2. The van der Waals surface area contributed by atoms with Gasteiger partial charge in [-0.15, -0.1) is 0 Å². The second kappa shape index (κ2) is 6.90. The van der Waals surface area contributed by atoms with Crippen molar-refractivity contribution in [2.24, 2.45) is 0 Å². The maximum absolute atomic E-state index is 11.4. The van der Waals surface area contributed by atoms with Crippen molar-refractivity contribution < 1.29 is 9.66 Å². The molecule has 0 aliphatic carbocycles. The topological polar surface area (TPSA) is 76.2 Å². The molecule has 0 aliphatic rings. The molecular weight excluding hydrogens is 347 g/mol. The summed E-state index contributed by atoms with van der Waals surface area (Å²) in [6.45, 7) is 3.61. The first-order chi connectivity index (χ1) is 10.6. The van der Waals surface area contributed by atoms with E-state index in [-0.39, 0.29) is 5.69 Å². The monoisotopic (exact) mass is 361 g/mol. The van der Waals surface area contributed by atoms with Crippen molar-refractivity contribution in [1.82, 2.24) is 0 Å². The van der Waals surface area contributed by atoms with Crippen LogP contribution in [0.2, 0.25) is 0 Å². The molecule has 2 aromatic carbocycles. The van der Waals surface area contributed by atoms with Crippen molar-refractivity contribution in [2.45, 2.75) is 0 Å². The normalized spacial score (nSPS) is 10.0. The van der Waals surface area contributed by atoms with Crippen molar-refractivity contribution in [3.8, 4) is 10.7 Å². The van der Waals surface area contributed by atoms with Gasteiger partial charge in [-0.25, -0.2) is 0 Å². The van der Waals surface area contributed by atoms with E-state index in [0.717, 1.165) is 4.46 Å². The second-order valence-electron chi connectivity index (χ2n) is 4.23. The van der Waals surface area contributed by atoms with Gasteiger partial charge >= 0.3 is 132 Å². The fourth-order valence-corrected chi connectivity index (χ4v) is 5.08. The van der Waals surface area contributed by atoms with E-state index in [1.165, 1.54) is 6.08 Å². The van der Waals surface area contributed by atoms with E-state index in [2.05, 4.69) is 11.5 Å². The summed E-state index contributed by atoms with van der Waals surface area (Å²) < 4.78 is 6.38. The summed E-state index contributed by atoms with van der Waals surface area (Å²) in [5.41, 5.74) is 0.403. The Morgan fingerprint density at radius 3 is 2.50 bits per heavy atom. The molecule has 0 unspecified atom stereocenters. The molecule has 0 amide bonds. The van der Waals surface area contributed by atoms with Crippen molar-refractivity contribution in [2.75, 3.05) is 7.11 Å². The number of nitro benzene ring substituents is 1. The summed E-state index contributed by atoms with van der Waals surface area (Å²) in [4.78, 5) is 13.2. The molecule has 6 heteroatoms. The van der Waals surface area contributed by atoms with Gasteiger partial charge < -0.3 is 0 Å². The standard InChI is InChI=1S/C16H13N2O3Se/c1-3-12-5-4-6-15(16(12)18(19)20)22(11-17)14-9-7-13(21-2)8-10-14/h3-10H,1H2,2H3. The molecule has 22 heavy (non-hydrogen) atoms. The summed E-state index contributed by atoms with van der Waals surface area (Å²) in [6, 6.07) is 12.1. The van der Waals surface area contributed by atoms with Gasteiger partial charge in [0.05, 0.1) is 0 Å². The summed E-state index contributed by atoms with van der Waals surface area (Å²) in [7, 11) is 1.56. The third kappa shape index (κ3) is 3.01. The minimum atomic E-state index is -2.18. The van der Waals surface area contributed by atoms with Crippen LogP contribution in [0.3, 0.4) is 0 Å². The van der Waals surface area contributed by atoms with Crippen LogP contribution in [0.25, 0.3) is 6.08 Å². The molecule has 2 rings (SSSR count). The molecule has 0 atom stereocenters. The van der Waals surface area contributed by atoms with Crippen LogP contribution < -0.4 is 13.7 Å². The Balaban J connectivity index is 2.58. The molecule has 0 N–H and O–H groups in total. The van der Waals surface area contributed by atoms with E-state index in [0.29, 0.717) is 15.8 Å². The number of nitriles is 1. The van der Waals surface area contributed by atoms with Gasteiger partial charge in [-0.05, 0) is 0 Å². The molecule has 0 bridgehead atoms. The van der Waals surface area contributed by atoms with Crippen molar-refractivity contribution in [3.05, 3.63) is 64.7 Å². The second-order valence-corrected chi connectivity index (χ2v) is 7.81. The zero-order valence-corrected chi connectivity index (χ0v) is 13.6. The van der Waals surface area contributed by atoms with Gasteiger partial charge in [0, 0.05) is 0 Å². The van der Waals surface area contributed by atoms with Crippen LogP contribution in [-0.4, -0.2) is 25.9 Å². The zero-order chi connectivity index (χ0) is 16.1. The summed E-state index contributed by atoms with van der Waals surface area (Å²) >= 11 is -2.18. The van der Waals surface area contributed by atoms with Gasteiger partial charge in [0.15, 0.2) is 0 Å². The Kier molecular flexibility index (Phi) is 4.95. The Hall–Kier alpha value is -2.61. The van der Waals surface area contributed by atoms with E-state index in [9.17, 15) is 15.4 Å². The molecule has 1 radical (unpaired) electrons. The predicted molar refractivity (Wildman–Crippen MR) is 86.8 cm³/mol. The molecule has 0 heterocycles. The Labute approximate surface area is 132 Å². The Morgan fingerprint density at radius 1 is 1.32 bits per heavy atom. The van der Waals surface area contributed by atoms with Gasteiger partial charge in [0.2, 0.25) is 0 Å². The number of ether oxygens (including phenoxy) is 1. The third-order valence-corrected chi connectivity index (χ3v) is 6.60. The van der Waals surface area contributed by atoms with Crippen LogP contribution >= 0.6 is 0 Å². The van der Waals surface area contributed by atoms with Crippen LogP contribution in [0.1, 0.15) is 5.56 Å². The van der Waals surface area contributed by atoms with E-state index < -0.39 is 18.8 Å². The first-order valence-corrected chi connectivity index (χ1v) is 8.87. The number of methoxy groups -OCH3 is 1. The molecule has 5 nitrogen and oxygen atoms in total. The third-order valence-electron chi connectivity index (χ3n) is 3.04. The first-order valence-electron chi connectivity index (χ1n) is 6.30. The van der Waals surface area contributed by atoms with Crippen molar-refractivity contribution >= 4 is 34.6 Å². The molecule has 0 saturated heterocycles. The van der Waals surface area contributed by atoms with E-state index in [1.54, 1.807) is 49.6 Å². The van der Waals surface area contributed by atoms with Crippen molar-refractivity contribution in [3.63, 3.8) is 0 Å². The fourth-order valence-electron chi connectivity index (χ4n) is 2.00. The van der Waals surface area contributed by atoms with Crippen LogP contribution in [0.15, 0.2) is 49.0 Å². The molecule has 2 aromatic rings. The molecule has 0 aromatic heterocycles. The number of hydrogen-bond donors (Lipinski definition) is 0.